The molecule has 5 N–H and O–H groups in total. The third kappa shape index (κ3) is 10.7. The van der Waals surface area contributed by atoms with E-state index in [1.807, 2.05) is 23.6 Å². The minimum absolute atomic E-state index is 0.0173. The summed E-state index contributed by atoms with van der Waals surface area (Å²) in [6.07, 6.45) is 2.98. The van der Waals surface area contributed by atoms with E-state index in [0.717, 1.165) is 54.5 Å². The Morgan fingerprint density at radius 1 is 1.22 bits per heavy atom. The lowest BCUT2D eigenvalue weighted by Gasteiger charge is -2.34. The largest absolute Gasteiger partial charge is 0.372 e. The van der Waals surface area contributed by atoms with E-state index in [4.69, 9.17) is 5.84 Å². The van der Waals surface area contributed by atoms with Gasteiger partial charge in [0.1, 0.15) is 5.04 Å². The van der Waals surface area contributed by atoms with Gasteiger partial charge in [-0.25, -0.2) is 0 Å². The lowest BCUT2D eigenvalue weighted by atomic mass is 9.97. The number of hydrogen-bond acceptors (Lipinski definition) is 9. The van der Waals surface area contributed by atoms with Crippen LogP contribution in [0.3, 0.4) is 0 Å². The number of amides is 1. The number of carbonyl (C=O) groups is 1. The zero-order valence-corrected chi connectivity index (χ0v) is 24.3. The van der Waals surface area contributed by atoms with E-state index in [0.29, 0.717) is 12.3 Å². The average molecular weight is 539 g/mol. The molecular weight excluding hydrogens is 492 g/mol. The highest BCUT2D eigenvalue weighted by atomic mass is 32.2. The Hall–Kier alpha value is -1.76. The summed E-state index contributed by atoms with van der Waals surface area (Å²) in [5, 5.41) is 15.2. The van der Waals surface area contributed by atoms with Crippen LogP contribution in [0.4, 0.5) is 5.69 Å². The normalized spacial score (nSPS) is 14.4. The molecule has 0 fully saturated rings. The smallest absolute Gasteiger partial charge is 0.225 e. The predicted molar refractivity (Wildman–Crippen MR) is 162 cm³/mol. The van der Waals surface area contributed by atoms with Gasteiger partial charge in [-0.05, 0) is 57.9 Å². The highest BCUT2D eigenvalue weighted by Gasteiger charge is 2.25. The highest BCUT2D eigenvalue weighted by Crippen LogP contribution is 2.28. The number of nitrogens with one attached hydrogen (secondary N) is 3. The fourth-order valence-corrected chi connectivity index (χ4v) is 6.29. The number of hydrazine groups is 2. The molecule has 0 radical (unpaired) electrons. The van der Waals surface area contributed by atoms with Crippen LogP contribution in [0.5, 0.6) is 0 Å². The average Bonchev–Trinajstić information content (AvgIpc) is 2.87. The minimum atomic E-state index is -0.317. The third-order valence-electron chi connectivity index (χ3n) is 5.98. The SMILES string of the molecule is C=N/N=C(\SCNC(=O)Cc1cccc(N(CC)CC)c1)C(CC)C[C@H](CC)N(NN)S(=C)CNC. The lowest BCUT2D eigenvalue weighted by molar-refractivity contribution is -0.120. The molecule has 36 heavy (non-hydrogen) atoms. The van der Waals surface area contributed by atoms with Crippen molar-refractivity contribution in [1.29, 1.82) is 0 Å². The Morgan fingerprint density at radius 3 is 2.50 bits per heavy atom. The molecule has 0 spiro atoms. The summed E-state index contributed by atoms with van der Waals surface area (Å²) in [6.45, 7) is 14.0. The Kier molecular flexibility index (Phi) is 16.6. The highest BCUT2D eigenvalue weighted by molar-refractivity contribution is 8.14. The number of anilines is 1. The van der Waals surface area contributed by atoms with Gasteiger partial charge in [-0.15, -0.1) is 5.10 Å². The molecule has 2 unspecified atom stereocenters. The summed E-state index contributed by atoms with van der Waals surface area (Å²) >= 11 is 1.50. The molecule has 0 heterocycles. The van der Waals surface area contributed by atoms with Crippen molar-refractivity contribution in [2.75, 3.05) is 36.8 Å². The van der Waals surface area contributed by atoms with E-state index in [1.54, 1.807) is 0 Å². The standard InChI is InChI=1S/C25H46N8OS2/c1-8-21(17-22(9-2)33(31-26)36(7)19-27-5)25(30-28-6)35-18-29-24(34)16-20-13-12-14-23(15-20)32(10-3)11-4/h12-15,21-22,27,31H,6-11,16-19,26H2,1-5H3,(H,29,34)/b30-25-/t21?,22-,36?/m0/s1. The van der Waals surface area contributed by atoms with Crippen LogP contribution in [0, 0.1) is 5.92 Å². The van der Waals surface area contributed by atoms with Crippen molar-refractivity contribution < 1.29 is 4.79 Å². The van der Waals surface area contributed by atoms with E-state index in [9.17, 15) is 4.79 Å². The van der Waals surface area contributed by atoms with Gasteiger partial charge in [0.25, 0.3) is 0 Å². The molecule has 0 aromatic heterocycles. The number of thioether (sulfide) groups is 1. The van der Waals surface area contributed by atoms with E-state index in [2.05, 4.69) is 83.7 Å². The fraction of sp³-hybridized carbons (Fsp3) is 0.600. The zero-order chi connectivity index (χ0) is 26.9. The number of nitrogens with two attached hydrogens (primary N) is 1. The maximum atomic E-state index is 12.6. The van der Waals surface area contributed by atoms with Crippen molar-refractivity contribution >= 4 is 51.7 Å². The monoisotopic (exact) mass is 538 g/mol. The molecule has 0 aliphatic heterocycles. The second kappa shape index (κ2) is 18.5. The van der Waals surface area contributed by atoms with Gasteiger partial charge in [0.15, 0.2) is 0 Å². The molecule has 9 nitrogen and oxygen atoms in total. The quantitative estimate of drug-likeness (QED) is 0.0565. The molecular formula is C25H46N8OS2. The van der Waals surface area contributed by atoms with Crippen LogP contribution in [0.15, 0.2) is 34.5 Å². The van der Waals surface area contributed by atoms with E-state index < -0.39 is 0 Å². The topological polar surface area (TPSA) is 110 Å². The Labute approximate surface area is 224 Å². The number of hydrogen-bond donors (Lipinski definition) is 4. The minimum Gasteiger partial charge on any atom is -0.372 e. The van der Waals surface area contributed by atoms with E-state index >= 15 is 0 Å². The van der Waals surface area contributed by atoms with Gasteiger partial charge in [-0.2, -0.15) is 15.1 Å². The summed E-state index contributed by atoms with van der Waals surface area (Å²) in [4.78, 5) is 14.9. The van der Waals surface area contributed by atoms with Gasteiger partial charge in [-0.1, -0.05) is 54.3 Å². The van der Waals surface area contributed by atoms with Gasteiger partial charge >= 0.3 is 0 Å². The first-order chi connectivity index (χ1) is 17.4. The van der Waals surface area contributed by atoms with Crippen LogP contribution in [-0.2, 0) is 11.2 Å². The zero-order valence-electron chi connectivity index (χ0n) is 22.6. The number of benzene rings is 1. The molecule has 0 aliphatic carbocycles. The second-order valence-corrected chi connectivity index (χ2v) is 10.9. The Bertz CT molecular complexity index is 847. The molecule has 3 atom stereocenters. The number of nitrogens with zero attached hydrogens (tertiary/aromatic N) is 4. The molecule has 1 amide bonds. The van der Waals surface area contributed by atoms with Crippen molar-refractivity contribution in [3.8, 4) is 0 Å². The van der Waals surface area contributed by atoms with Gasteiger partial charge < -0.3 is 15.5 Å². The van der Waals surface area contributed by atoms with Gasteiger partial charge in [0, 0.05) is 37.5 Å². The van der Waals surface area contributed by atoms with Gasteiger partial charge in [0.05, 0.1) is 18.2 Å². The third-order valence-corrected chi connectivity index (χ3v) is 8.56. The Balaban J connectivity index is 2.77. The summed E-state index contributed by atoms with van der Waals surface area (Å²) in [5.74, 6) is 11.4. The lowest BCUT2D eigenvalue weighted by Crippen LogP contribution is -2.47. The fourth-order valence-electron chi connectivity index (χ4n) is 4.01. The molecule has 1 aromatic carbocycles. The molecule has 11 heteroatoms. The molecule has 1 aromatic rings. The van der Waals surface area contributed by atoms with Crippen LogP contribution in [0.2, 0.25) is 0 Å². The van der Waals surface area contributed by atoms with E-state index in [-0.39, 0.29) is 28.5 Å². The van der Waals surface area contributed by atoms with Gasteiger partial charge in [-0.3, -0.25) is 10.6 Å². The van der Waals surface area contributed by atoms with Crippen LogP contribution in [0.25, 0.3) is 0 Å². The van der Waals surface area contributed by atoms with Gasteiger partial charge in [0.2, 0.25) is 5.91 Å². The van der Waals surface area contributed by atoms with Crippen molar-refractivity contribution in [3.63, 3.8) is 0 Å². The second-order valence-electron chi connectivity index (χ2n) is 8.31. The molecule has 0 aliphatic rings. The maximum absolute atomic E-state index is 12.6. The summed E-state index contributed by atoms with van der Waals surface area (Å²) < 4.78 is 2.02. The van der Waals surface area contributed by atoms with Crippen LogP contribution in [0.1, 0.15) is 52.5 Å². The van der Waals surface area contributed by atoms with E-state index in [1.165, 1.54) is 11.8 Å². The molecule has 0 saturated heterocycles. The number of carbonyl (C=O) groups excluding carboxylic acids is 1. The summed E-state index contributed by atoms with van der Waals surface area (Å²) in [7, 11) is 1.59. The molecule has 0 bridgehead atoms. The predicted octanol–water partition coefficient (Wildman–Crippen LogP) is 3.56. The molecule has 0 saturated carbocycles. The first-order valence-corrected chi connectivity index (χ1v) is 15.1. The van der Waals surface area contributed by atoms with Crippen LogP contribution < -0.4 is 26.9 Å². The first-order valence-electron chi connectivity index (χ1n) is 12.6. The first kappa shape index (κ1) is 32.3. The van der Waals surface area contributed by atoms with Crippen LogP contribution in [-0.4, -0.2) is 65.9 Å². The maximum Gasteiger partial charge on any atom is 0.225 e. The summed E-state index contributed by atoms with van der Waals surface area (Å²) in [6, 6.07) is 8.36. The molecule has 1 rings (SSSR count). The number of rotatable bonds is 18. The van der Waals surface area contributed by atoms with Crippen molar-refractivity contribution in [2.45, 2.75) is 59.4 Å². The van der Waals surface area contributed by atoms with Crippen LogP contribution >= 0.6 is 22.4 Å². The Morgan fingerprint density at radius 2 is 1.94 bits per heavy atom. The van der Waals surface area contributed by atoms with Crippen molar-refractivity contribution in [1.82, 2.24) is 20.6 Å². The molecule has 204 valence electrons. The van der Waals surface area contributed by atoms with Crippen molar-refractivity contribution in [3.05, 3.63) is 29.8 Å². The summed E-state index contributed by atoms with van der Waals surface area (Å²) in [5.41, 5.74) is 4.98. The van der Waals surface area contributed by atoms with Crippen molar-refractivity contribution in [2.24, 2.45) is 22.0 Å².